The van der Waals surface area contributed by atoms with Crippen molar-refractivity contribution in [2.24, 2.45) is 0 Å². The Morgan fingerprint density at radius 2 is 2.32 bits per heavy atom. The van der Waals surface area contributed by atoms with Crippen molar-refractivity contribution in [2.75, 3.05) is 0 Å². The van der Waals surface area contributed by atoms with Gasteiger partial charge in [-0.05, 0) is 30.5 Å². The first kappa shape index (κ1) is 15.0. The number of amides is 1. The van der Waals surface area contributed by atoms with Gasteiger partial charge in [0.2, 0.25) is 5.89 Å². The summed E-state index contributed by atoms with van der Waals surface area (Å²) in [6.07, 6.45) is 2.05. The summed E-state index contributed by atoms with van der Waals surface area (Å²) in [6, 6.07) is 6.54. The van der Waals surface area contributed by atoms with Gasteiger partial charge < -0.3 is 14.9 Å². The maximum Gasteiger partial charge on any atom is 0.253 e. The third kappa shape index (κ3) is 3.28. The first-order chi connectivity index (χ1) is 10.6. The fourth-order valence-electron chi connectivity index (χ4n) is 2.25. The van der Waals surface area contributed by atoms with Crippen LogP contribution in [0.5, 0.6) is 0 Å². The number of hydrogen-bond acceptors (Lipinski definition) is 5. The van der Waals surface area contributed by atoms with Crippen molar-refractivity contribution < 1.29 is 14.4 Å². The van der Waals surface area contributed by atoms with Gasteiger partial charge in [-0.25, -0.2) is 0 Å². The number of carbonyl (C=O) groups is 1. The number of aliphatic hydroxyl groups is 1. The van der Waals surface area contributed by atoms with Gasteiger partial charge in [0, 0.05) is 10.9 Å². The topological polar surface area (TPSA) is 88.3 Å². The lowest BCUT2D eigenvalue weighted by Gasteiger charge is -2.20. The van der Waals surface area contributed by atoms with Gasteiger partial charge in [-0.2, -0.15) is 4.98 Å². The lowest BCUT2D eigenvalue weighted by atomic mass is 9.85. The SMILES string of the molecule is O=C(NCc1noc(C2CCC2)n1)C(O)c1cccc(Cl)c1. The number of benzene rings is 1. The Kier molecular flexibility index (Phi) is 4.40. The van der Waals surface area contributed by atoms with Crippen LogP contribution in [-0.2, 0) is 11.3 Å². The molecule has 3 rings (SSSR count). The van der Waals surface area contributed by atoms with Crippen molar-refractivity contribution >= 4 is 17.5 Å². The van der Waals surface area contributed by atoms with E-state index in [1.54, 1.807) is 24.3 Å². The van der Waals surface area contributed by atoms with Gasteiger partial charge >= 0.3 is 0 Å². The van der Waals surface area contributed by atoms with Gasteiger partial charge in [0.15, 0.2) is 11.9 Å². The van der Waals surface area contributed by atoms with Gasteiger partial charge in [-0.15, -0.1) is 0 Å². The predicted molar refractivity (Wildman–Crippen MR) is 79.1 cm³/mol. The highest BCUT2D eigenvalue weighted by molar-refractivity contribution is 6.30. The lowest BCUT2D eigenvalue weighted by molar-refractivity contribution is -0.129. The number of nitrogens with zero attached hydrogens (tertiary/aromatic N) is 2. The summed E-state index contributed by atoms with van der Waals surface area (Å²) in [6.45, 7) is 0.118. The number of rotatable bonds is 5. The lowest BCUT2D eigenvalue weighted by Crippen LogP contribution is -2.29. The average Bonchev–Trinajstić information content (AvgIpc) is 2.90. The van der Waals surface area contributed by atoms with Crippen molar-refractivity contribution in [3.8, 4) is 0 Å². The summed E-state index contributed by atoms with van der Waals surface area (Å²) in [5, 5.41) is 16.9. The molecule has 1 aromatic carbocycles. The smallest absolute Gasteiger partial charge is 0.253 e. The van der Waals surface area contributed by atoms with E-state index in [9.17, 15) is 9.90 Å². The zero-order valence-electron chi connectivity index (χ0n) is 11.8. The van der Waals surface area contributed by atoms with Crippen LogP contribution in [-0.4, -0.2) is 21.2 Å². The molecule has 1 aromatic heterocycles. The fraction of sp³-hybridized carbons (Fsp3) is 0.400. The minimum atomic E-state index is -1.28. The van der Waals surface area contributed by atoms with Gasteiger partial charge in [0.1, 0.15) is 0 Å². The molecule has 1 unspecified atom stereocenters. The van der Waals surface area contributed by atoms with Gasteiger partial charge in [-0.1, -0.05) is 35.3 Å². The van der Waals surface area contributed by atoms with Crippen LogP contribution in [0, 0.1) is 0 Å². The van der Waals surface area contributed by atoms with Crippen LogP contribution in [0.2, 0.25) is 5.02 Å². The van der Waals surface area contributed by atoms with Crippen molar-refractivity contribution in [1.29, 1.82) is 0 Å². The average molecular weight is 322 g/mol. The van der Waals surface area contributed by atoms with Crippen molar-refractivity contribution in [3.63, 3.8) is 0 Å². The monoisotopic (exact) mass is 321 g/mol. The van der Waals surface area contributed by atoms with E-state index in [0.29, 0.717) is 28.2 Å². The predicted octanol–water partition coefficient (Wildman–Crippen LogP) is 2.34. The van der Waals surface area contributed by atoms with Crippen LogP contribution >= 0.6 is 11.6 Å². The molecule has 7 heteroatoms. The number of aromatic nitrogens is 2. The molecule has 0 spiro atoms. The number of hydrogen-bond donors (Lipinski definition) is 2. The normalized spacial score (nSPS) is 16.1. The second-order valence-corrected chi connectivity index (χ2v) is 5.79. The molecule has 2 aromatic rings. The Labute approximate surface area is 132 Å². The van der Waals surface area contributed by atoms with Crippen LogP contribution < -0.4 is 5.32 Å². The van der Waals surface area contributed by atoms with E-state index >= 15 is 0 Å². The van der Waals surface area contributed by atoms with Crippen LogP contribution in [0.15, 0.2) is 28.8 Å². The van der Waals surface area contributed by atoms with Crippen LogP contribution in [0.1, 0.15) is 48.6 Å². The summed E-state index contributed by atoms with van der Waals surface area (Å²) in [4.78, 5) is 16.2. The molecular formula is C15H16ClN3O3. The summed E-state index contributed by atoms with van der Waals surface area (Å²) >= 11 is 5.84. The largest absolute Gasteiger partial charge is 0.378 e. The molecule has 1 saturated carbocycles. The van der Waals surface area contributed by atoms with Gasteiger partial charge in [-0.3, -0.25) is 4.79 Å². The standard InChI is InChI=1S/C15H16ClN3O3/c16-11-6-2-5-10(7-11)13(20)14(21)17-8-12-18-15(22-19-12)9-3-1-4-9/h2,5-7,9,13,20H,1,3-4,8H2,(H,17,21). The Morgan fingerprint density at radius 3 is 3.00 bits per heavy atom. The van der Waals surface area contributed by atoms with E-state index in [0.717, 1.165) is 12.8 Å². The highest BCUT2D eigenvalue weighted by Gasteiger charge is 2.25. The molecule has 0 radical (unpaired) electrons. The molecule has 116 valence electrons. The van der Waals surface area contributed by atoms with E-state index in [-0.39, 0.29) is 6.54 Å². The molecule has 1 amide bonds. The first-order valence-corrected chi connectivity index (χ1v) is 7.55. The van der Waals surface area contributed by atoms with Crippen LogP contribution in [0.25, 0.3) is 0 Å². The summed E-state index contributed by atoms with van der Waals surface area (Å²) in [5.74, 6) is 0.866. The highest BCUT2D eigenvalue weighted by atomic mass is 35.5. The van der Waals surface area contributed by atoms with Crippen LogP contribution in [0.4, 0.5) is 0 Å². The second kappa shape index (κ2) is 6.46. The molecule has 1 aliphatic rings. The molecule has 2 N–H and O–H groups in total. The maximum atomic E-state index is 11.9. The summed E-state index contributed by atoms with van der Waals surface area (Å²) in [5.41, 5.74) is 0.438. The molecule has 6 nitrogen and oxygen atoms in total. The second-order valence-electron chi connectivity index (χ2n) is 5.35. The highest BCUT2D eigenvalue weighted by Crippen LogP contribution is 2.35. The molecule has 0 saturated heterocycles. The van der Waals surface area contributed by atoms with E-state index in [2.05, 4.69) is 15.5 Å². The van der Waals surface area contributed by atoms with Crippen molar-refractivity contribution in [2.45, 2.75) is 37.8 Å². The zero-order valence-corrected chi connectivity index (χ0v) is 12.6. The maximum absolute atomic E-state index is 11.9. The molecular weight excluding hydrogens is 306 g/mol. The Balaban J connectivity index is 1.56. The molecule has 1 heterocycles. The van der Waals surface area contributed by atoms with Crippen LogP contribution in [0.3, 0.4) is 0 Å². The van der Waals surface area contributed by atoms with E-state index in [1.807, 2.05) is 0 Å². The third-order valence-electron chi connectivity index (χ3n) is 3.77. The van der Waals surface area contributed by atoms with Crippen molar-refractivity contribution in [1.82, 2.24) is 15.5 Å². The summed E-state index contributed by atoms with van der Waals surface area (Å²) in [7, 11) is 0. The molecule has 1 aliphatic carbocycles. The fourth-order valence-corrected chi connectivity index (χ4v) is 2.45. The Bertz CT molecular complexity index is 670. The zero-order chi connectivity index (χ0) is 15.5. The number of aliphatic hydroxyl groups excluding tert-OH is 1. The van der Waals surface area contributed by atoms with E-state index < -0.39 is 12.0 Å². The summed E-state index contributed by atoms with van der Waals surface area (Å²) < 4.78 is 5.17. The number of carbonyl (C=O) groups excluding carboxylic acids is 1. The van der Waals surface area contributed by atoms with Crippen molar-refractivity contribution in [3.05, 3.63) is 46.6 Å². The van der Waals surface area contributed by atoms with Gasteiger partial charge in [0.05, 0.1) is 6.54 Å². The minimum absolute atomic E-state index is 0.118. The Hall–Kier alpha value is -1.92. The van der Waals surface area contributed by atoms with E-state index in [4.69, 9.17) is 16.1 Å². The van der Waals surface area contributed by atoms with E-state index in [1.165, 1.54) is 6.42 Å². The third-order valence-corrected chi connectivity index (χ3v) is 4.01. The number of nitrogens with one attached hydrogen (secondary N) is 1. The van der Waals surface area contributed by atoms with Gasteiger partial charge in [0.25, 0.3) is 5.91 Å². The molecule has 1 atom stereocenters. The molecule has 0 aliphatic heterocycles. The molecule has 22 heavy (non-hydrogen) atoms. The number of halogens is 1. The Morgan fingerprint density at radius 1 is 1.50 bits per heavy atom. The molecule has 1 fully saturated rings. The minimum Gasteiger partial charge on any atom is -0.378 e. The quantitative estimate of drug-likeness (QED) is 0.882. The molecule has 0 bridgehead atoms. The first-order valence-electron chi connectivity index (χ1n) is 7.17.